The number of nitrogens with one attached hydrogen (secondary N) is 1. The first kappa shape index (κ1) is 13.6. The van der Waals surface area contributed by atoms with Crippen LogP contribution in [0, 0.1) is 4.77 Å². The van der Waals surface area contributed by atoms with Crippen LogP contribution in [0.1, 0.15) is 0 Å². The molecule has 21 heavy (non-hydrogen) atoms. The maximum atomic E-state index is 12.5. The molecule has 0 spiro atoms. The van der Waals surface area contributed by atoms with Crippen molar-refractivity contribution < 1.29 is 17.9 Å². The van der Waals surface area contributed by atoms with Crippen LogP contribution in [-0.2, 0) is 0 Å². The van der Waals surface area contributed by atoms with E-state index >= 15 is 0 Å². The predicted molar refractivity (Wildman–Crippen MR) is 72.9 cm³/mol. The number of rotatable bonds is 2. The first-order valence-corrected chi connectivity index (χ1v) is 6.26. The highest BCUT2D eigenvalue weighted by Crippen LogP contribution is 2.31. The molecule has 0 saturated carbocycles. The number of hydrogen-bond acceptors (Lipinski definition) is 3. The Morgan fingerprint density at radius 1 is 1.19 bits per heavy atom. The summed E-state index contributed by atoms with van der Waals surface area (Å²) in [4.78, 5) is 6.83. The second-order valence-electron chi connectivity index (χ2n) is 4.17. The Bertz CT molecular complexity index is 853. The van der Waals surface area contributed by atoms with E-state index in [4.69, 9.17) is 12.2 Å². The van der Waals surface area contributed by atoms with Crippen LogP contribution >= 0.6 is 12.2 Å². The largest absolute Gasteiger partial charge is 0.573 e. The lowest BCUT2D eigenvalue weighted by atomic mass is 10.3. The molecule has 0 radical (unpaired) electrons. The summed E-state index contributed by atoms with van der Waals surface area (Å²) in [6.07, 6.45) is -1.69. The number of aromatic amines is 1. The van der Waals surface area contributed by atoms with Gasteiger partial charge in [0.05, 0.1) is 22.9 Å². The Hall–Kier alpha value is -2.35. The van der Waals surface area contributed by atoms with Crippen molar-refractivity contribution >= 4 is 23.3 Å². The van der Waals surface area contributed by atoms with Gasteiger partial charge in [0.15, 0.2) is 10.5 Å². The highest BCUT2D eigenvalue weighted by Gasteiger charge is 2.32. The Morgan fingerprint density at radius 3 is 2.71 bits per heavy atom. The van der Waals surface area contributed by atoms with Crippen LogP contribution in [0.3, 0.4) is 0 Å². The Balaban J connectivity index is 2.24. The van der Waals surface area contributed by atoms with Crippen molar-refractivity contribution in [2.24, 2.45) is 0 Å². The minimum Gasteiger partial charge on any atom is -0.404 e. The zero-order valence-electron chi connectivity index (χ0n) is 10.4. The molecule has 0 amide bonds. The third kappa shape index (κ3) is 2.62. The number of imidazole rings is 1. The summed E-state index contributed by atoms with van der Waals surface area (Å²) >= 11 is 5.18. The summed E-state index contributed by atoms with van der Waals surface area (Å²) < 4.78 is 43.3. The molecule has 1 aromatic carbocycles. The predicted octanol–water partition coefficient (Wildman–Crippen LogP) is 3.98. The van der Waals surface area contributed by atoms with Gasteiger partial charge in [-0.15, -0.1) is 13.2 Å². The Kier molecular flexibility index (Phi) is 3.17. The van der Waals surface area contributed by atoms with Gasteiger partial charge >= 0.3 is 6.36 Å². The van der Waals surface area contributed by atoms with E-state index in [9.17, 15) is 13.2 Å². The van der Waals surface area contributed by atoms with Gasteiger partial charge in [-0.1, -0.05) is 12.1 Å². The highest BCUT2D eigenvalue weighted by molar-refractivity contribution is 7.71. The minimum absolute atomic E-state index is 0.206. The fraction of sp³-hybridized carbons (Fsp3) is 0.0769. The Labute approximate surface area is 121 Å². The van der Waals surface area contributed by atoms with Crippen LogP contribution in [-0.4, -0.2) is 20.9 Å². The maximum absolute atomic E-state index is 12.5. The first-order valence-electron chi connectivity index (χ1n) is 5.85. The molecule has 0 bridgehead atoms. The SMILES string of the molecule is FC(F)(F)Oc1ccccc1-n1c(=S)[nH]c2cnccc21. The van der Waals surface area contributed by atoms with Crippen LogP contribution in [0.5, 0.6) is 5.75 Å². The number of hydrogen-bond donors (Lipinski definition) is 1. The van der Waals surface area contributed by atoms with Gasteiger partial charge in [0.25, 0.3) is 0 Å². The van der Waals surface area contributed by atoms with Gasteiger partial charge in [-0.3, -0.25) is 9.55 Å². The lowest BCUT2D eigenvalue weighted by molar-refractivity contribution is -0.274. The number of benzene rings is 1. The van der Waals surface area contributed by atoms with Gasteiger partial charge in [-0.05, 0) is 30.4 Å². The van der Waals surface area contributed by atoms with E-state index in [0.717, 1.165) is 0 Å². The molecule has 0 saturated heterocycles. The van der Waals surface area contributed by atoms with E-state index in [-0.39, 0.29) is 16.2 Å². The summed E-state index contributed by atoms with van der Waals surface area (Å²) in [6.45, 7) is 0. The first-order chi connectivity index (χ1) is 9.96. The standard InChI is InChI=1S/C13H8F3N3OS/c14-13(15,16)20-11-4-2-1-3-10(11)19-9-5-6-17-7-8(9)18-12(19)21/h1-7H,(H,18,21). The molecule has 0 unspecified atom stereocenters. The average Bonchev–Trinajstić information content (AvgIpc) is 2.73. The van der Waals surface area contributed by atoms with Crippen molar-refractivity contribution in [3.05, 3.63) is 47.5 Å². The fourth-order valence-corrected chi connectivity index (χ4v) is 2.36. The molecule has 0 aliphatic heterocycles. The lowest BCUT2D eigenvalue weighted by Gasteiger charge is -2.14. The molecule has 0 aliphatic carbocycles. The van der Waals surface area contributed by atoms with Crippen molar-refractivity contribution in [3.8, 4) is 11.4 Å². The number of halogens is 3. The Morgan fingerprint density at radius 2 is 1.95 bits per heavy atom. The van der Waals surface area contributed by atoms with Crippen LogP contribution in [0.25, 0.3) is 16.7 Å². The molecule has 2 aromatic heterocycles. The van der Waals surface area contributed by atoms with Crippen LogP contribution in [0.15, 0.2) is 42.7 Å². The molecule has 0 atom stereocenters. The van der Waals surface area contributed by atoms with E-state index in [1.54, 1.807) is 18.3 Å². The molecule has 1 N–H and O–H groups in total. The second kappa shape index (κ2) is 4.88. The lowest BCUT2D eigenvalue weighted by Crippen LogP contribution is -2.18. The van der Waals surface area contributed by atoms with Crippen molar-refractivity contribution in [1.82, 2.24) is 14.5 Å². The normalized spacial score (nSPS) is 11.8. The molecule has 4 nitrogen and oxygen atoms in total. The molecule has 3 aromatic rings. The van der Waals surface area contributed by atoms with E-state index < -0.39 is 6.36 Å². The summed E-state index contributed by atoms with van der Waals surface area (Å²) in [6, 6.07) is 7.48. The average molecular weight is 311 g/mol. The van der Waals surface area contributed by atoms with Crippen LogP contribution in [0.4, 0.5) is 13.2 Å². The number of pyridine rings is 1. The number of nitrogens with zero attached hydrogens (tertiary/aromatic N) is 2. The molecule has 8 heteroatoms. The van der Waals surface area contributed by atoms with Crippen LogP contribution in [0.2, 0.25) is 0 Å². The third-order valence-corrected chi connectivity index (χ3v) is 3.10. The number of ether oxygens (including phenoxy) is 1. The molecule has 108 valence electrons. The molecule has 3 rings (SSSR count). The summed E-state index contributed by atoms with van der Waals surface area (Å²) in [5.74, 6) is -0.321. The number of H-pyrrole nitrogens is 1. The second-order valence-corrected chi connectivity index (χ2v) is 4.56. The summed E-state index contributed by atoms with van der Waals surface area (Å²) in [5.41, 5.74) is 1.45. The number of para-hydroxylation sites is 2. The molecule has 0 aliphatic rings. The fourth-order valence-electron chi connectivity index (χ4n) is 2.05. The molecule has 2 heterocycles. The smallest absolute Gasteiger partial charge is 0.404 e. The molecular weight excluding hydrogens is 303 g/mol. The van der Waals surface area contributed by atoms with Crippen molar-refractivity contribution in [2.45, 2.75) is 6.36 Å². The van der Waals surface area contributed by atoms with Gasteiger partial charge < -0.3 is 9.72 Å². The number of fused-ring (bicyclic) bond motifs is 1. The van der Waals surface area contributed by atoms with E-state index in [0.29, 0.717) is 11.0 Å². The van der Waals surface area contributed by atoms with Crippen molar-refractivity contribution in [2.75, 3.05) is 0 Å². The van der Waals surface area contributed by atoms with Gasteiger partial charge in [-0.25, -0.2) is 0 Å². The summed E-state index contributed by atoms with van der Waals surface area (Å²) in [7, 11) is 0. The number of alkyl halides is 3. The highest BCUT2D eigenvalue weighted by atomic mass is 32.1. The van der Waals surface area contributed by atoms with Gasteiger partial charge in [-0.2, -0.15) is 0 Å². The van der Waals surface area contributed by atoms with Crippen LogP contribution < -0.4 is 4.74 Å². The quantitative estimate of drug-likeness (QED) is 0.728. The molecule has 0 fully saturated rings. The van der Waals surface area contributed by atoms with E-state index in [2.05, 4.69) is 14.7 Å². The minimum atomic E-state index is -4.77. The van der Waals surface area contributed by atoms with Gasteiger partial charge in [0, 0.05) is 6.20 Å². The molecular formula is C13H8F3N3OS. The topological polar surface area (TPSA) is 42.8 Å². The number of aromatic nitrogens is 3. The van der Waals surface area contributed by atoms with Crippen molar-refractivity contribution in [1.29, 1.82) is 0 Å². The van der Waals surface area contributed by atoms with Crippen molar-refractivity contribution in [3.63, 3.8) is 0 Å². The van der Waals surface area contributed by atoms with Gasteiger partial charge in [0.1, 0.15) is 0 Å². The van der Waals surface area contributed by atoms with E-state index in [1.165, 1.54) is 29.0 Å². The monoisotopic (exact) mass is 311 g/mol. The zero-order chi connectivity index (χ0) is 15.0. The third-order valence-electron chi connectivity index (χ3n) is 2.82. The maximum Gasteiger partial charge on any atom is 0.573 e. The zero-order valence-corrected chi connectivity index (χ0v) is 11.2. The van der Waals surface area contributed by atoms with Gasteiger partial charge in [0.2, 0.25) is 0 Å². The van der Waals surface area contributed by atoms with E-state index in [1.807, 2.05) is 0 Å². The summed E-state index contributed by atoms with van der Waals surface area (Å²) in [5, 5.41) is 0.